The molecule has 0 aliphatic carbocycles. The van der Waals surface area contributed by atoms with Crippen molar-refractivity contribution >= 4 is 33.5 Å². The van der Waals surface area contributed by atoms with Gasteiger partial charge in [-0.15, -0.1) is 0 Å². The number of aryl methyl sites for hydroxylation is 2. The Morgan fingerprint density at radius 3 is 2.67 bits per heavy atom. The van der Waals surface area contributed by atoms with Gasteiger partial charge in [-0.05, 0) is 71.3 Å². The molecule has 21 heavy (non-hydrogen) atoms. The fourth-order valence-electron chi connectivity index (χ4n) is 2.53. The predicted molar refractivity (Wildman–Crippen MR) is 96.4 cm³/mol. The van der Waals surface area contributed by atoms with Crippen molar-refractivity contribution in [3.05, 3.63) is 74.5 Å². The lowest BCUT2D eigenvalue weighted by molar-refractivity contribution is 0.864. The molecule has 1 heterocycles. The van der Waals surface area contributed by atoms with Gasteiger partial charge in [-0.3, -0.25) is 4.98 Å². The van der Waals surface area contributed by atoms with E-state index in [1.54, 1.807) is 0 Å². The highest BCUT2D eigenvalue weighted by molar-refractivity contribution is 14.1. The van der Waals surface area contributed by atoms with Crippen LogP contribution in [0.4, 0.5) is 0 Å². The highest BCUT2D eigenvalue weighted by Gasteiger charge is 2.13. The standard InChI is InChI=1S/C18H17IN2/c1-11-4-3-5-15(17(11)19)18(20)14-8-9-16-13(10-14)7-6-12(2)21-16/h3-10,18H,20H2,1-2H3. The van der Waals surface area contributed by atoms with Gasteiger partial charge in [0.1, 0.15) is 0 Å². The van der Waals surface area contributed by atoms with E-state index in [2.05, 4.69) is 77.0 Å². The maximum atomic E-state index is 6.48. The average Bonchev–Trinajstić information content (AvgIpc) is 2.49. The highest BCUT2D eigenvalue weighted by Crippen LogP contribution is 2.28. The third kappa shape index (κ3) is 2.80. The van der Waals surface area contributed by atoms with Crippen molar-refractivity contribution < 1.29 is 0 Å². The summed E-state index contributed by atoms with van der Waals surface area (Å²) in [5.41, 5.74) is 12.1. The second-order valence-corrected chi connectivity index (χ2v) is 6.44. The van der Waals surface area contributed by atoms with Gasteiger partial charge >= 0.3 is 0 Å². The molecule has 2 aromatic carbocycles. The molecule has 0 radical (unpaired) electrons. The first-order chi connectivity index (χ1) is 10.1. The number of nitrogens with zero attached hydrogens (tertiary/aromatic N) is 1. The van der Waals surface area contributed by atoms with Gasteiger partial charge < -0.3 is 5.73 Å². The number of fused-ring (bicyclic) bond motifs is 1. The van der Waals surface area contributed by atoms with Crippen molar-refractivity contribution in [3.63, 3.8) is 0 Å². The minimum atomic E-state index is -0.109. The van der Waals surface area contributed by atoms with Gasteiger partial charge in [-0.25, -0.2) is 0 Å². The summed E-state index contributed by atoms with van der Waals surface area (Å²) in [5, 5.41) is 1.14. The largest absolute Gasteiger partial charge is 0.320 e. The summed E-state index contributed by atoms with van der Waals surface area (Å²) in [7, 11) is 0. The second kappa shape index (κ2) is 5.73. The molecule has 106 valence electrons. The summed E-state index contributed by atoms with van der Waals surface area (Å²) < 4.78 is 1.24. The van der Waals surface area contributed by atoms with Crippen LogP contribution in [0, 0.1) is 17.4 Å². The molecule has 0 saturated carbocycles. The molecule has 3 aromatic rings. The van der Waals surface area contributed by atoms with Crippen LogP contribution in [-0.4, -0.2) is 4.98 Å². The lowest BCUT2D eigenvalue weighted by Crippen LogP contribution is -2.13. The van der Waals surface area contributed by atoms with E-state index in [4.69, 9.17) is 5.73 Å². The fraction of sp³-hybridized carbons (Fsp3) is 0.167. The fourth-order valence-corrected chi connectivity index (χ4v) is 3.22. The van der Waals surface area contributed by atoms with Crippen LogP contribution in [0.2, 0.25) is 0 Å². The van der Waals surface area contributed by atoms with Crippen LogP contribution in [0.5, 0.6) is 0 Å². The Bertz CT molecular complexity index is 811. The van der Waals surface area contributed by atoms with E-state index in [0.29, 0.717) is 0 Å². The zero-order valence-corrected chi connectivity index (χ0v) is 14.3. The summed E-state index contributed by atoms with van der Waals surface area (Å²) in [5.74, 6) is 0. The molecule has 0 fully saturated rings. The van der Waals surface area contributed by atoms with E-state index in [-0.39, 0.29) is 6.04 Å². The predicted octanol–water partition coefficient (Wildman–Crippen LogP) is 4.50. The van der Waals surface area contributed by atoms with Crippen LogP contribution in [0.25, 0.3) is 10.9 Å². The molecule has 0 bridgehead atoms. The minimum absolute atomic E-state index is 0.109. The smallest absolute Gasteiger partial charge is 0.0705 e. The van der Waals surface area contributed by atoms with Crippen LogP contribution in [-0.2, 0) is 0 Å². The van der Waals surface area contributed by atoms with E-state index in [1.165, 1.54) is 14.7 Å². The van der Waals surface area contributed by atoms with Gasteiger partial charge in [0.05, 0.1) is 11.6 Å². The summed E-state index contributed by atoms with van der Waals surface area (Å²) in [6.07, 6.45) is 0. The molecule has 0 saturated heterocycles. The first-order valence-electron chi connectivity index (χ1n) is 6.94. The Kier molecular flexibility index (Phi) is 3.95. The molecule has 2 N–H and O–H groups in total. The number of hydrogen-bond donors (Lipinski definition) is 1. The topological polar surface area (TPSA) is 38.9 Å². The van der Waals surface area contributed by atoms with E-state index >= 15 is 0 Å². The van der Waals surface area contributed by atoms with Crippen molar-refractivity contribution in [3.8, 4) is 0 Å². The molecule has 1 aromatic heterocycles. The Hall–Kier alpha value is -1.46. The molecule has 0 aliphatic heterocycles. The van der Waals surface area contributed by atoms with Gasteiger partial charge in [0.2, 0.25) is 0 Å². The lowest BCUT2D eigenvalue weighted by Gasteiger charge is -2.16. The van der Waals surface area contributed by atoms with E-state index in [0.717, 1.165) is 22.2 Å². The first-order valence-corrected chi connectivity index (χ1v) is 8.02. The van der Waals surface area contributed by atoms with Crippen molar-refractivity contribution in [2.75, 3.05) is 0 Å². The van der Waals surface area contributed by atoms with Crippen molar-refractivity contribution in [1.29, 1.82) is 0 Å². The molecule has 3 rings (SSSR count). The summed E-state index contributed by atoms with van der Waals surface area (Å²) in [6, 6.07) is 16.6. The van der Waals surface area contributed by atoms with Crippen LogP contribution < -0.4 is 5.73 Å². The van der Waals surface area contributed by atoms with Gasteiger partial charge in [0, 0.05) is 14.7 Å². The SMILES string of the molecule is Cc1ccc2cc(C(N)c3cccc(C)c3I)ccc2n1. The van der Waals surface area contributed by atoms with Crippen molar-refractivity contribution in [2.24, 2.45) is 5.73 Å². The first kappa shape index (κ1) is 14.5. The molecule has 0 aliphatic rings. The van der Waals surface area contributed by atoms with Crippen molar-refractivity contribution in [1.82, 2.24) is 4.98 Å². The number of benzene rings is 2. The van der Waals surface area contributed by atoms with Gasteiger partial charge in [-0.1, -0.05) is 30.3 Å². The zero-order valence-electron chi connectivity index (χ0n) is 12.1. The third-order valence-corrected chi connectivity index (χ3v) is 5.24. The molecule has 3 heteroatoms. The maximum Gasteiger partial charge on any atom is 0.0705 e. The van der Waals surface area contributed by atoms with Gasteiger partial charge in [0.15, 0.2) is 0 Å². The van der Waals surface area contributed by atoms with E-state index in [9.17, 15) is 0 Å². The normalized spacial score (nSPS) is 12.6. The summed E-state index contributed by atoms with van der Waals surface area (Å²) in [6.45, 7) is 4.12. The second-order valence-electron chi connectivity index (χ2n) is 5.36. The average molecular weight is 388 g/mol. The third-order valence-electron chi connectivity index (χ3n) is 3.77. The van der Waals surface area contributed by atoms with Crippen LogP contribution >= 0.6 is 22.6 Å². The van der Waals surface area contributed by atoms with Gasteiger partial charge in [-0.2, -0.15) is 0 Å². The van der Waals surface area contributed by atoms with E-state index < -0.39 is 0 Å². The number of rotatable bonds is 2. The summed E-state index contributed by atoms with van der Waals surface area (Å²) in [4.78, 5) is 4.54. The summed E-state index contributed by atoms with van der Waals surface area (Å²) >= 11 is 2.38. The number of hydrogen-bond acceptors (Lipinski definition) is 2. The Morgan fingerprint density at radius 2 is 1.86 bits per heavy atom. The number of pyridine rings is 1. The molecule has 0 amide bonds. The molecule has 1 atom stereocenters. The Labute approximate surface area is 138 Å². The van der Waals surface area contributed by atoms with E-state index in [1.807, 2.05) is 13.0 Å². The molecular formula is C18H17IN2. The van der Waals surface area contributed by atoms with Crippen molar-refractivity contribution in [2.45, 2.75) is 19.9 Å². The number of aromatic nitrogens is 1. The minimum Gasteiger partial charge on any atom is -0.320 e. The maximum absolute atomic E-state index is 6.48. The van der Waals surface area contributed by atoms with Crippen LogP contribution in [0.1, 0.15) is 28.4 Å². The van der Waals surface area contributed by atoms with Gasteiger partial charge in [0.25, 0.3) is 0 Å². The Balaban J connectivity index is 2.07. The lowest BCUT2D eigenvalue weighted by atomic mass is 9.97. The monoisotopic (exact) mass is 388 g/mol. The number of nitrogens with two attached hydrogens (primary N) is 1. The molecule has 2 nitrogen and oxygen atoms in total. The quantitative estimate of drug-likeness (QED) is 0.657. The zero-order chi connectivity index (χ0) is 15.0. The Morgan fingerprint density at radius 1 is 1.05 bits per heavy atom. The number of halogens is 1. The molecule has 0 spiro atoms. The van der Waals surface area contributed by atoms with Crippen LogP contribution in [0.15, 0.2) is 48.5 Å². The molecular weight excluding hydrogens is 371 g/mol. The molecule has 1 unspecified atom stereocenters. The van der Waals surface area contributed by atoms with Crippen LogP contribution in [0.3, 0.4) is 0 Å². The highest BCUT2D eigenvalue weighted by atomic mass is 127.